The molecule has 2 unspecified atom stereocenters. The van der Waals surface area contributed by atoms with Crippen molar-refractivity contribution >= 4 is 23.7 Å². The predicted octanol–water partition coefficient (Wildman–Crippen LogP) is 1.70. The van der Waals surface area contributed by atoms with Crippen molar-refractivity contribution in [3.8, 4) is 0 Å². The van der Waals surface area contributed by atoms with Gasteiger partial charge in [0.2, 0.25) is 11.7 Å². The highest BCUT2D eigenvalue weighted by Gasteiger charge is 2.31. The minimum atomic E-state index is -0.992. The third kappa shape index (κ3) is 8.66. The van der Waals surface area contributed by atoms with Gasteiger partial charge in [-0.05, 0) is 37.2 Å². The average molecular weight is 448 g/mol. The van der Waals surface area contributed by atoms with Gasteiger partial charge in [-0.1, -0.05) is 44.2 Å². The van der Waals surface area contributed by atoms with E-state index in [-0.39, 0.29) is 18.9 Å². The van der Waals surface area contributed by atoms with Gasteiger partial charge < -0.3 is 25.4 Å². The Bertz CT molecular complexity index is 768. The monoisotopic (exact) mass is 447 g/mol. The molecule has 1 aliphatic rings. The molecule has 0 aliphatic carbocycles. The molecule has 1 aromatic carbocycles. The summed E-state index contributed by atoms with van der Waals surface area (Å²) in [5.41, 5.74) is 0.820. The first-order valence-electron chi connectivity index (χ1n) is 11.1. The zero-order valence-corrected chi connectivity index (χ0v) is 18.7. The number of carbonyl (C=O) groups is 4. The molecule has 0 aromatic heterocycles. The number of benzene rings is 1. The Hall–Kier alpha value is -2.94. The fourth-order valence-electron chi connectivity index (χ4n) is 3.23. The van der Waals surface area contributed by atoms with Crippen LogP contribution in [0.2, 0.25) is 0 Å². The quantitative estimate of drug-likeness (QED) is 0.571. The standard InChI is InChI=1S/C23H33N3O6/c1-16(2)19(26-23(30)32-15-17-9-4-3-5-10-17)21(28)25-18-11-8-14-31-13-7-6-12-24-22(29)20(18)27/h3-5,9-10,16,18-19H,6-8,11-15H2,1-2H3,(H,24,29)(H,25,28)(H,26,30). The van der Waals surface area contributed by atoms with Crippen molar-refractivity contribution in [1.82, 2.24) is 16.0 Å². The molecular formula is C23H33N3O6. The minimum absolute atomic E-state index is 0.0698. The molecule has 2 rings (SSSR count). The lowest BCUT2D eigenvalue weighted by molar-refractivity contribution is -0.140. The molecule has 1 heterocycles. The number of Topliss-reactive ketones (excluding diaryl/α,β-unsaturated/α-hetero) is 1. The SMILES string of the molecule is CC(C)C(NC(=O)OCc1ccccc1)C(=O)NC1CCCOCCCCNC(=O)C1=O. The third-order valence-corrected chi connectivity index (χ3v) is 5.07. The second kappa shape index (κ2) is 13.5. The van der Waals surface area contributed by atoms with Crippen LogP contribution in [0.3, 0.4) is 0 Å². The van der Waals surface area contributed by atoms with Crippen LogP contribution in [0.4, 0.5) is 4.79 Å². The van der Waals surface area contributed by atoms with Gasteiger partial charge in [0.15, 0.2) is 0 Å². The summed E-state index contributed by atoms with van der Waals surface area (Å²) in [4.78, 5) is 49.9. The molecule has 0 bridgehead atoms. The van der Waals surface area contributed by atoms with E-state index in [1.807, 2.05) is 30.3 Å². The van der Waals surface area contributed by atoms with Crippen molar-refractivity contribution < 1.29 is 28.7 Å². The van der Waals surface area contributed by atoms with Gasteiger partial charge in [-0.25, -0.2) is 4.79 Å². The predicted molar refractivity (Wildman–Crippen MR) is 118 cm³/mol. The Balaban J connectivity index is 1.97. The van der Waals surface area contributed by atoms with Gasteiger partial charge in [-0.3, -0.25) is 14.4 Å². The highest BCUT2D eigenvalue weighted by atomic mass is 16.5. The zero-order valence-electron chi connectivity index (χ0n) is 18.7. The summed E-state index contributed by atoms with van der Waals surface area (Å²) < 4.78 is 10.7. The number of nitrogens with one attached hydrogen (secondary N) is 3. The van der Waals surface area contributed by atoms with Crippen LogP contribution in [-0.4, -0.2) is 55.5 Å². The Labute approximate surface area is 188 Å². The van der Waals surface area contributed by atoms with E-state index in [2.05, 4.69) is 16.0 Å². The van der Waals surface area contributed by atoms with E-state index in [0.717, 1.165) is 12.0 Å². The topological polar surface area (TPSA) is 123 Å². The molecule has 9 heteroatoms. The third-order valence-electron chi connectivity index (χ3n) is 5.07. The molecule has 1 aliphatic heterocycles. The molecule has 3 N–H and O–H groups in total. The Morgan fingerprint density at radius 3 is 2.56 bits per heavy atom. The molecular weight excluding hydrogens is 414 g/mol. The van der Waals surface area contributed by atoms with Crippen molar-refractivity contribution in [2.45, 2.75) is 58.2 Å². The van der Waals surface area contributed by atoms with Crippen LogP contribution in [0, 0.1) is 5.92 Å². The van der Waals surface area contributed by atoms with Crippen LogP contribution in [0.1, 0.15) is 45.1 Å². The van der Waals surface area contributed by atoms with Gasteiger partial charge in [0, 0.05) is 19.8 Å². The maximum absolute atomic E-state index is 12.9. The number of amides is 3. The summed E-state index contributed by atoms with van der Waals surface area (Å²) in [7, 11) is 0. The Kier molecular flexibility index (Phi) is 10.7. The van der Waals surface area contributed by atoms with Gasteiger partial charge in [-0.2, -0.15) is 0 Å². The molecule has 176 valence electrons. The molecule has 0 spiro atoms. The lowest BCUT2D eigenvalue weighted by atomic mass is 10.0. The van der Waals surface area contributed by atoms with Crippen LogP contribution in [-0.2, 0) is 30.5 Å². The molecule has 1 aromatic rings. The zero-order chi connectivity index (χ0) is 23.3. The fraction of sp³-hybridized carbons (Fsp3) is 0.565. The number of rotatable bonds is 6. The van der Waals surface area contributed by atoms with Crippen LogP contribution in [0.25, 0.3) is 0 Å². The first kappa shape index (κ1) is 25.3. The molecule has 1 fully saturated rings. The second-order valence-corrected chi connectivity index (χ2v) is 8.07. The first-order valence-corrected chi connectivity index (χ1v) is 11.1. The summed E-state index contributed by atoms with van der Waals surface area (Å²) in [6.07, 6.45) is 1.56. The van der Waals surface area contributed by atoms with Gasteiger partial charge in [0.25, 0.3) is 5.91 Å². The van der Waals surface area contributed by atoms with Crippen molar-refractivity contribution in [1.29, 1.82) is 0 Å². The molecule has 0 saturated carbocycles. The maximum Gasteiger partial charge on any atom is 0.408 e. The summed E-state index contributed by atoms with van der Waals surface area (Å²) >= 11 is 0. The Morgan fingerprint density at radius 2 is 1.84 bits per heavy atom. The van der Waals surface area contributed by atoms with Crippen molar-refractivity contribution in [2.24, 2.45) is 5.92 Å². The minimum Gasteiger partial charge on any atom is -0.445 e. The highest BCUT2D eigenvalue weighted by Crippen LogP contribution is 2.08. The molecule has 1 saturated heterocycles. The fourth-order valence-corrected chi connectivity index (χ4v) is 3.23. The number of ether oxygens (including phenoxy) is 2. The van der Waals surface area contributed by atoms with Gasteiger partial charge >= 0.3 is 6.09 Å². The average Bonchev–Trinajstić information content (AvgIpc) is 2.78. The van der Waals surface area contributed by atoms with E-state index in [0.29, 0.717) is 32.6 Å². The van der Waals surface area contributed by atoms with Crippen molar-refractivity contribution in [3.63, 3.8) is 0 Å². The number of ketones is 1. The number of carbonyl (C=O) groups excluding carboxylic acids is 4. The van der Waals surface area contributed by atoms with E-state index in [9.17, 15) is 19.2 Å². The van der Waals surface area contributed by atoms with Gasteiger partial charge in [0.1, 0.15) is 12.6 Å². The van der Waals surface area contributed by atoms with E-state index >= 15 is 0 Å². The summed E-state index contributed by atoms with van der Waals surface area (Å²) in [5, 5.41) is 7.78. The second-order valence-electron chi connectivity index (χ2n) is 8.07. The molecule has 9 nitrogen and oxygen atoms in total. The normalized spacial score (nSPS) is 19.2. The maximum atomic E-state index is 12.9. The van der Waals surface area contributed by atoms with E-state index in [1.165, 1.54) is 0 Å². The summed E-state index contributed by atoms with van der Waals surface area (Å²) in [5.74, 6) is -2.23. The largest absolute Gasteiger partial charge is 0.445 e. The van der Waals surface area contributed by atoms with Gasteiger partial charge in [0.05, 0.1) is 6.04 Å². The number of alkyl carbamates (subject to hydrolysis) is 1. The van der Waals surface area contributed by atoms with E-state index in [1.54, 1.807) is 13.8 Å². The molecule has 3 amide bonds. The summed E-state index contributed by atoms with van der Waals surface area (Å²) in [6.45, 7) is 5.01. The van der Waals surface area contributed by atoms with Crippen LogP contribution >= 0.6 is 0 Å². The summed E-state index contributed by atoms with van der Waals surface area (Å²) in [6, 6.07) is 7.26. The number of hydrogen-bond acceptors (Lipinski definition) is 6. The van der Waals surface area contributed by atoms with Crippen LogP contribution in [0.5, 0.6) is 0 Å². The Morgan fingerprint density at radius 1 is 1.12 bits per heavy atom. The van der Waals surface area contributed by atoms with Crippen LogP contribution < -0.4 is 16.0 Å². The molecule has 2 atom stereocenters. The molecule has 0 radical (unpaired) electrons. The highest BCUT2D eigenvalue weighted by molar-refractivity contribution is 6.38. The van der Waals surface area contributed by atoms with Gasteiger partial charge in [-0.15, -0.1) is 0 Å². The smallest absolute Gasteiger partial charge is 0.408 e. The lowest BCUT2D eigenvalue weighted by Crippen LogP contribution is -2.55. The molecule has 32 heavy (non-hydrogen) atoms. The van der Waals surface area contributed by atoms with E-state index < -0.39 is 35.8 Å². The van der Waals surface area contributed by atoms with E-state index in [4.69, 9.17) is 9.47 Å². The first-order chi connectivity index (χ1) is 15.4. The van der Waals surface area contributed by atoms with Crippen molar-refractivity contribution in [2.75, 3.05) is 19.8 Å². The lowest BCUT2D eigenvalue weighted by Gasteiger charge is -2.25. The van der Waals surface area contributed by atoms with Crippen molar-refractivity contribution in [3.05, 3.63) is 35.9 Å². The number of hydrogen-bond donors (Lipinski definition) is 3. The van der Waals surface area contributed by atoms with Crippen LogP contribution in [0.15, 0.2) is 30.3 Å².